The molecule has 7 heteroatoms. The van der Waals surface area contributed by atoms with Gasteiger partial charge >= 0.3 is 6.18 Å². The van der Waals surface area contributed by atoms with Gasteiger partial charge in [-0.25, -0.2) is 0 Å². The van der Waals surface area contributed by atoms with Gasteiger partial charge in [0.25, 0.3) is 0 Å². The van der Waals surface area contributed by atoms with Crippen molar-refractivity contribution in [3.63, 3.8) is 0 Å². The van der Waals surface area contributed by atoms with E-state index in [0.717, 1.165) is 18.4 Å². The van der Waals surface area contributed by atoms with Crippen molar-refractivity contribution in [2.24, 2.45) is 4.99 Å². The molecule has 4 nitrogen and oxygen atoms in total. The summed E-state index contributed by atoms with van der Waals surface area (Å²) < 4.78 is 41.4. The fourth-order valence-electron chi connectivity index (χ4n) is 2.73. The largest absolute Gasteiger partial charge is 0.484 e. The van der Waals surface area contributed by atoms with Crippen LogP contribution in [0.1, 0.15) is 37.7 Å². The van der Waals surface area contributed by atoms with Crippen LogP contribution in [0.2, 0.25) is 0 Å². The Hall–Kier alpha value is -1.92. The lowest BCUT2D eigenvalue weighted by atomic mass is 9.96. The number of halogens is 3. The van der Waals surface area contributed by atoms with E-state index in [4.69, 9.17) is 4.74 Å². The van der Waals surface area contributed by atoms with E-state index in [-0.39, 0.29) is 5.75 Å². The van der Waals surface area contributed by atoms with E-state index in [1.54, 1.807) is 19.2 Å². The third kappa shape index (κ3) is 6.68. The molecule has 1 aliphatic carbocycles. The molecule has 0 radical (unpaired) electrons. The average Bonchev–Trinajstić information content (AvgIpc) is 2.57. The first-order valence-corrected chi connectivity index (χ1v) is 8.22. The lowest BCUT2D eigenvalue weighted by molar-refractivity contribution is -0.153. The van der Waals surface area contributed by atoms with Crippen LogP contribution in [-0.2, 0) is 6.54 Å². The van der Waals surface area contributed by atoms with Gasteiger partial charge in [-0.3, -0.25) is 4.99 Å². The van der Waals surface area contributed by atoms with Crippen LogP contribution in [0.3, 0.4) is 0 Å². The zero-order valence-corrected chi connectivity index (χ0v) is 13.8. The summed E-state index contributed by atoms with van der Waals surface area (Å²) in [4.78, 5) is 4.20. The number of nitrogens with zero attached hydrogens (tertiary/aromatic N) is 1. The second-order valence-corrected chi connectivity index (χ2v) is 5.96. The number of ether oxygens (including phenoxy) is 1. The highest BCUT2D eigenvalue weighted by molar-refractivity contribution is 5.79. The SMILES string of the molecule is CN=C(NCc1cccc(OCC(F)(F)F)c1)NC1CCCCC1. The Morgan fingerprint density at radius 2 is 2.00 bits per heavy atom. The number of hydrogen-bond donors (Lipinski definition) is 2. The molecular weight excluding hydrogens is 319 g/mol. The summed E-state index contributed by atoms with van der Waals surface area (Å²) in [6.07, 6.45) is 1.69. The maximum Gasteiger partial charge on any atom is 0.422 e. The van der Waals surface area contributed by atoms with E-state index in [1.807, 2.05) is 6.07 Å². The van der Waals surface area contributed by atoms with Gasteiger partial charge < -0.3 is 15.4 Å². The lowest BCUT2D eigenvalue weighted by Gasteiger charge is -2.24. The van der Waals surface area contributed by atoms with Crippen molar-refractivity contribution in [1.29, 1.82) is 0 Å². The van der Waals surface area contributed by atoms with Crippen LogP contribution in [0.15, 0.2) is 29.3 Å². The fourth-order valence-corrected chi connectivity index (χ4v) is 2.73. The number of guanidine groups is 1. The molecule has 1 aliphatic rings. The molecule has 0 atom stereocenters. The molecule has 1 aromatic rings. The highest BCUT2D eigenvalue weighted by Gasteiger charge is 2.28. The Morgan fingerprint density at radius 3 is 2.67 bits per heavy atom. The van der Waals surface area contributed by atoms with Crippen molar-refractivity contribution in [3.05, 3.63) is 29.8 Å². The topological polar surface area (TPSA) is 45.7 Å². The Bertz CT molecular complexity index is 540. The molecule has 1 fully saturated rings. The summed E-state index contributed by atoms with van der Waals surface area (Å²) in [6, 6.07) is 7.07. The van der Waals surface area contributed by atoms with Crippen LogP contribution < -0.4 is 15.4 Å². The molecule has 0 aliphatic heterocycles. The van der Waals surface area contributed by atoms with Crippen molar-refractivity contribution in [3.8, 4) is 5.75 Å². The van der Waals surface area contributed by atoms with Crippen LogP contribution >= 0.6 is 0 Å². The predicted molar refractivity (Wildman–Crippen MR) is 88.2 cm³/mol. The summed E-state index contributed by atoms with van der Waals surface area (Å²) in [7, 11) is 1.71. The van der Waals surface area contributed by atoms with E-state index in [2.05, 4.69) is 15.6 Å². The molecule has 2 N–H and O–H groups in total. The predicted octanol–water partition coefficient (Wildman–Crippen LogP) is 3.63. The van der Waals surface area contributed by atoms with Crippen LogP contribution in [0, 0.1) is 0 Å². The summed E-state index contributed by atoms with van der Waals surface area (Å²) in [5.74, 6) is 0.922. The number of hydrogen-bond acceptors (Lipinski definition) is 2. The van der Waals surface area contributed by atoms with E-state index in [0.29, 0.717) is 18.5 Å². The monoisotopic (exact) mass is 343 g/mol. The van der Waals surface area contributed by atoms with Crippen molar-refractivity contribution in [2.45, 2.75) is 50.9 Å². The lowest BCUT2D eigenvalue weighted by Crippen LogP contribution is -2.43. The van der Waals surface area contributed by atoms with Gasteiger partial charge in [0.05, 0.1) is 0 Å². The molecule has 2 rings (SSSR count). The van der Waals surface area contributed by atoms with Gasteiger partial charge in [0.2, 0.25) is 0 Å². The minimum atomic E-state index is -4.33. The number of rotatable bonds is 5. The molecule has 0 amide bonds. The third-order valence-corrected chi connectivity index (χ3v) is 3.93. The minimum Gasteiger partial charge on any atom is -0.484 e. The molecule has 24 heavy (non-hydrogen) atoms. The molecule has 0 unspecified atom stereocenters. The zero-order chi connectivity index (χ0) is 17.4. The van der Waals surface area contributed by atoms with E-state index in [9.17, 15) is 13.2 Å². The Kier molecular flexibility index (Phi) is 6.75. The number of nitrogens with one attached hydrogen (secondary N) is 2. The molecule has 134 valence electrons. The van der Waals surface area contributed by atoms with Crippen molar-refractivity contribution in [2.75, 3.05) is 13.7 Å². The zero-order valence-electron chi connectivity index (χ0n) is 13.8. The van der Waals surface area contributed by atoms with Gasteiger partial charge in [0.15, 0.2) is 12.6 Å². The summed E-state index contributed by atoms with van der Waals surface area (Å²) >= 11 is 0. The molecule has 0 spiro atoms. The maximum atomic E-state index is 12.2. The Balaban J connectivity index is 1.83. The van der Waals surface area contributed by atoms with E-state index >= 15 is 0 Å². The molecule has 0 heterocycles. The normalized spacial score (nSPS) is 16.8. The highest BCUT2D eigenvalue weighted by Crippen LogP contribution is 2.19. The molecule has 0 aromatic heterocycles. The number of alkyl halides is 3. The summed E-state index contributed by atoms with van der Waals surface area (Å²) in [5, 5.41) is 6.59. The molecule has 1 aromatic carbocycles. The third-order valence-electron chi connectivity index (χ3n) is 3.93. The van der Waals surface area contributed by atoms with Gasteiger partial charge in [0.1, 0.15) is 5.75 Å². The van der Waals surface area contributed by atoms with Crippen LogP contribution in [0.25, 0.3) is 0 Å². The van der Waals surface area contributed by atoms with Crippen molar-refractivity contribution in [1.82, 2.24) is 10.6 Å². The first kappa shape index (κ1) is 18.4. The minimum absolute atomic E-state index is 0.210. The van der Waals surface area contributed by atoms with Crippen LogP contribution in [0.4, 0.5) is 13.2 Å². The second-order valence-electron chi connectivity index (χ2n) is 5.96. The van der Waals surface area contributed by atoms with Crippen molar-refractivity contribution >= 4 is 5.96 Å². The fraction of sp³-hybridized carbons (Fsp3) is 0.588. The van der Waals surface area contributed by atoms with Gasteiger partial charge in [-0.05, 0) is 30.5 Å². The second kappa shape index (κ2) is 8.80. The average molecular weight is 343 g/mol. The smallest absolute Gasteiger partial charge is 0.422 e. The van der Waals surface area contributed by atoms with Crippen molar-refractivity contribution < 1.29 is 17.9 Å². The van der Waals surface area contributed by atoms with Gasteiger partial charge in [-0.2, -0.15) is 13.2 Å². The van der Waals surface area contributed by atoms with Gasteiger partial charge in [-0.15, -0.1) is 0 Å². The Morgan fingerprint density at radius 1 is 1.25 bits per heavy atom. The first-order valence-electron chi connectivity index (χ1n) is 8.22. The standard InChI is InChI=1S/C17H24F3N3O/c1-21-16(23-14-7-3-2-4-8-14)22-11-13-6-5-9-15(10-13)24-12-17(18,19)20/h5-6,9-10,14H,2-4,7-8,11-12H2,1H3,(H2,21,22,23). The number of benzene rings is 1. The van der Waals surface area contributed by atoms with E-state index < -0.39 is 12.8 Å². The quantitative estimate of drug-likeness (QED) is 0.634. The number of aliphatic imine (C=N–C) groups is 1. The Labute approximate surface area is 140 Å². The first-order chi connectivity index (χ1) is 11.5. The van der Waals surface area contributed by atoms with Crippen LogP contribution in [-0.4, -0.2) is 31.8 Å². The van der Waals surface area contributed by atoms with Gasteiger partial charge in [-0.1, -0.05) is 31.4 Å². The summed E-state index contributed by atoms with van der Waals surface area (Å²) in [6.45, 7) is -0.815. The molecule has 1 saturated carbocycles. The van der Waals surface area contributed by atoms with Crippen LogP contribution in [0.5, 0.6) is 5.75 Å². The van der Waals surface area contributed by atoms with Gasteiger partial charge in [0, 0.05) is 19.6 Å². The summed E-state index contributed by atoms with van der Waals surface area (Å²) in [5.41, 5.74) is 0.835. The molecule has 0 saturated heterocycles. The highest BCUT2D eigenvalue weighted by atomic mass is 19.4. The molecule has 0 bridgehead atoms. The molecular formula is C17H24F3N3O. The maximum absolute atomic E-state index is 12.2. The van der Waals surface area contributed by atoms with E-state index in [1.165, 1.54) is 25.3 Å².